The summed E-state index contributed by atoms with van der Waals surface area (Å²) in [5.74, 6) is 1.33. The average Bonchev–Trinajstić information content (AvgIpc) is 2.42. The summed E-state index contributed by atoms with van der Waals surface area (Å²) in [6, 6.07) is 5.87. The lowest BCUT2D eigenvalue weighted by molar-refractivity contribution is -0.118. The molecule has 0 aromatic heterocycles. The zero-order chi connectivity index (χ0) is 14.4. The van der Waals surface area contributed by atoms with E-state index < -0.39 is 0 Å². The molecular formula is C15H24N2O2. The van der Waals surface area contributed by atoms with Crippen molar-refractivity contribution in [1.82, 2.24) is 5.32 Å². The van der Waals surface area contributed by atoms with Gasteiger partial charge in [-0.15, -0.1) is 0 Å². The van der Waals surface area contributed by atoms with Crippen molar-refractivity contribution in [1.29, 1.82) is 0 Å². The quantitative estimate of drug-likeness (QED) is 0.857. The molecule has 106 valence electrons. The van der Waals surface area contributed by atoms with Gasteiger partial charge in [0.1, 0.15) is 5.75 Å². The molecule has 1 N–H and O–H groups in total. The smallest absolute Gasteiger partial charge is 0.227 e. The highest BCUT2D eigenvalue weighted by molar-refractivity contribution is 5.93. The molecule has 19 heavy (non-hydrogen) atoms. The Morgan fingerprint density at radius 3 is 2.63 bits per heavy atom. The lowest BCUT2D eigenvalue weighted by Crippen LogP contribution is -2.29. The van der Waals surface area contributed by atoms with E-state index in [1.807, 2.05) is 32.3 Å². The maximum atomic E-state index is 12.0. The van der Waals surface area contributed by atoms with Crippen molar-refractivity contribution in [3.05, 3.63) is 23.8 Å². The second-order valence-electron chi connectivity index (χ2n) is 4.89. The van der Waals surface area contributed by atoms with E-state index in [0.717, 1.165) is 17.0 Å². The van der Waals surface area contributed by atoms with Crippen LogP contribution >= 0.6 is 0 Å². The monoisotopic (exact) mass is 264 g/mol. The summed E-state index contributed by atoms with van der Waals surface area (Å²) in [5.41, 5.74) is 2.03. The van der Waals surface area contributed by atoms with Crippen LogP contribution < -0.4 is 15.0 Å². The number of ether oxygens (including phenoxy) is 1. The minimum atomic E-state index is 0.106. The Labute approximate surface area is 115 Å². The Kier molecular flexibility index (Phi) is 5.83. The van der Waals surface area contributed by atoms with Gasteiger partial charge in [0.25, 0.3) is 0 Å². The summed E-state index contributed by atoms with van der Waals surface area (Å²) < 4.78 is 5.35. The van der Waals surface area contributed by atoms with Crippen molar-refractivity contribution in [2.24, 2.45) is 0 Å². The van der Waals surface area contributed by atoms with Crippen LogP contribution in [0.1, 0.15) is 31.7 Å². The Bertz CT molecular complexity index is 430. The van der Waals surface area contributed by atoms with E-state index >= 15 is 0 Å². The van der Waals surface area contributed by atoms with E-state index in [0.29, 0.717) is 18.9 Å². The first-order valence-corrected chi connectivity index (χ1v) is 6.60. The van der Waals surface area contributed by atoms with Crippen LogP contribution in [0, 0.1) is 0 Å². The molecular weight excluding hydrogens is 240 g/mol. The molecule has 0 fully saturated rings. The first-order valence-electron chi connectivity index (χ1n) is 6.60. The fourth-order valence-electron chi connectivity index (χ4n) is 1.93. The van der Waals surface area contributed by atoms with Crippen LogP contribution in [0.15, 0.2) is 18.2 Å². The molecule has 1 aromatic carbocycles. The molecule has 0 aliphatic rings. The molecule has 0 aliphatic heterocycles. The van der Waals surface area contributed by atoms with E-state index in [9.17, 15) is 4.79 Å². The molecule has 4 nitrogen and oxygen atoms in total. The maximum absolute atomic E-state index is 12.0. The molecule has 0 unspecified atom stereocenters. The van der Waals surface area contributed by atoms with Crippen molar-refractivity contribution in [3.63, 3.8) is 0 Å². The summed E-state index contributed by atoms with van der Waals surface area (Å²) >= 11 is 0. The number of anilines is 1. The van der Waals surface area contributed by atoms with Crippen molar-refractivity contribution in [2.75, 3.05) is 32.6 Å². The standard InChI is InChI=1S/C15H24N2O2/c1-11(2)13-10-12(6-7-14(13)19-5)17(4)15(18)8-9-16-3/h6-7,10-11,16H,8-9H2,1-5H3. The molecule has 0 bridgehead atoms. The minimum absolute atomic E-state index is 0.106. The van der Waals surface area contributed by atoms with E-state index in [1.165, 1.54) is 0 Å². The van der Waals surface area contributed by atoms with Crippen LogP contribution in [0.25, 0.3) is 0 Å². The van der Waals surface area contributed by atoms with Crippen molar-refractivity contribution < 1.29 is 9.53 Å². The van der Waals surface area contributed by atoms with Crippen LogP contribution in [0.2, 0.25) is 0 Å². The normalized spacial score (nSPS) is 10.6. The average molecular weight is 264 g/mol. The summed E-state index contributed by atoms with van der Waals surface area (Å²) in [7, 11) is 5.32. The zero-order valence-electron chi connectivity index (χ0n) is 12.5. The molecule has 0 aliphatic carbocycles. The first-order chi connectivity index (χ1) is 9.01. The van der Waals surface area contributed by atoms with Gasteiger partial charge < -0.3 is 15.0 Å². The molecule has 1 aromatic rings. The lowest BCUT2D eigenvalue weighted by Gasteiger charge is -2.20. The summed E-state index contributed by atoms with van der Waals surface area (Å²) in [5, 5.41) is 2.99. The van der Waals surface area contributed by atoms with E-state index in [-0.39, 0.29) is 5.91 Å². The highest BCUT2D eigenvalue weighted by atomic mass is 16.5. The Balaban J connectivity index is 2.95. The number of rotatable bonds is 6. The SMILES string of the molecule is CNCCC(=O)N(C)c1ccc(OC)c(C(C)C)c1. The molecule has 0 radical (unpaired) electrons. The topological polar surface area (TPSA) is 41.6 Å². The van der Waals surface area contributed by atoms with Crippen LogP contribution in [0.3, 0.4) is 0 Å². The summed E-state index contributed by atoms with van der Waals surface area (Å²) in [6.07, 6.45) is 0.496. The number of nitrogens with one attached hydrogen (secondary N) is 1. The molecule has 0 saturated heterocycles. The van der Waals surface area contributed by atoms with Gasteiger partial charge in [0.15, 0.2) is 0 Å². The molecule has 0 saturated carbocycles. The lowest BCUT2D eigenvalue weighted by atomic mass is 10.0. The molecule has 1 rings (SSSR count). The van der Waals surface area contributed by atoms with Crippen LogP contribution in [0.4, 0.5) is 5.69 Å². The predicted molar refractivity (Wildman–Crippen MR) is 79.0 cm³/mol. The van der Waals surface area contributed by atoms with Gasteiger partial charge in [-0.05, 0) is 36.7 Å². The van der Waals surface area contributed by atoms with Crippen molar-refractivity contribution >= 4 is 11.6 Å². The first kappa shape index (κ1) is 15.5. The third-order valence-electron chi connectivity index (χ3n) is 3.19. The van der Waals surface area contributed by atoms with E-state index in [1.54, 1.807) is 12.0 Å². The minimum Gasteiger partial charge on any atom is -0.496 e. The van der Waals surface area contributed by atoms with Gasteiger partial charge in [0, 0.05) is 25.7 Å². The van der Waals surface area contributed by atoms with Crippen LogP contribution in [-0.4, -0.2) is 33.7 Å². The highest BCUT2D eigenvalue weighted by Gasteiger charge is 2.14. The van der Waals surface area contributed by atoms with E-state index in [4.69, 9.17) is 4.74 Å². The number of nitrogens with zero attached hydrogens (tertiary/aromatic N) is 1. The second kappa shape index (κ2) is 7.14. The number of methoxy groups -OCH3 is 1. The van der Waals surface area contributed by atoms with Crippen LogP contribution in [-0.2, 0) is 4.79 Å². The van der Waals surface area contributed by atoms with Gasteiger partial charge >= 0.3 is 0 Å². The van der Waals surface area contributed by atoms with Crippen LogP contribution in [0.5, 0.6) is 5.75 Å². The highest BCUT2D eigenvalue weighted by Crippen LogP contribution is 2.30. The van der Waals surface area contributed by atoms with Gasteiger partial charge in [-0.2, -0.15) is 0 Å². The summed E-state index contributed by atoms with van der Waals surface area (Å²) in [6.45, 7) is 4.92. The number of amides is 1. The largest absolute Gasteiger partial charge is 0.496 e. The molecule has 4 heteroatoms. The Hall–Kier alpha value is -1.55. The fraction of sp³-hybridized carbons (Fsp3) is 0.533. The molecule has 0 spiro atoms. The van der Waals surface area contributed by atoms with Gasteiger partial charge in [-0.3, -0.25) is 4.79 Å². The van der Waals surface area contributed by atoms with Gasteiger partial charge in [-0.1, -0.05) is 13.8 Å². The number of hydrogen-bond donors (Lipinski definition) is 1. The summed E-state index contributed by atoms with van der Waals surface area (Å²) in [4.78, 5) is 13.7. The molecule has 1 amide bonds. The number of benzene rings is 1. The number of carbonyl (C=O) groups is 1. The fourth-order valence-corrected chi connectivity index (χ4v) is 1.93. The van der Waals surface area contributed by atoms with E-state index in [2.05, 4.69) is 19.2 Å². The molecule has 0 heterocycles. The second-order valence-corrected chi connectivity index (χ2v) is 4.89. The number of carbonyl (C=O) groups excluding carboxylic acids is 1. The zero-order valence-corrected chi connectivity index (χ0v) is 12.5. The van der Waals surface area contributed by atoms with Gasteiger partial charge in [0.2, 0.25) is 5.91 Å². The van der Waals surface area contributed by atoms with Crippen molar-refractivity contribution in [3.8, 4) is 5.75 Å². The third kappa shape index (κ3) is 3.96. The Morgan fingerprint density at radius 1 is 1.42 bits per heavy atom. The third-order valence-corrected chi connectivity index (χ3v) is 3.19. The Morgan fingerprint density at radius 2 is 2.11 bits per heavy atom. The number of hydrogen-bond acceptors (Lipinski definition) is 3. The molecule has 0 atom stereocenters. The van der Waals surface area contributed by atoms with Crippen molar-refractivity contribution in [2.45, 2.75) is 26.2 Å². The van der Waals surface area contributed by atoms with Gasteiger partial charge in [-0.25, -0.2) is 0 Å². The van der Waals surface area contributed by atoms with Gasteiger partial charge in [0.05, 0.1) is 7.11 Å². The maximum Gasteiger partial charge on any atom is 0.227 e. The predicted octanol–water partition coefficient (Wildman–Crippen LogP) is 2.39.